The Kier molecular flexibility index (Phi) is 7.83. The van der Waals surface area contributed by atoms with Crippen molar-refractivity contribution in [2.24, 2.45) is 0 Å². The van der Waals surface area contributed by atoms with E-state index in [-0.39, 0.29) is 31.6 Å². The Hall–Kier alpha value is -3.29. The highest BCUT2D eigenvalue weighted by Gasteiger charge is 2.51. The molecule has 2 fully saturated rings. The molecule has 0 saturated carbocycles. The number of carbonyl (C=O) groups excluding carboxylic acids is 1. The first-order valence-electron chi connectivity index (χ1n) is 14.7. The lowest BCUT2D eigenvalue weighted by Gasteiger charge is -2.43. The molecule has 1 aromatic carbocycles. The molecule has 2 aromatic rings. The van der Waals surface area contributed by atoms with Crippen molar-refractivity contribution >= 4 is 23.3 Å². The summed E-state index contributed by atoms with van der Waals surface area (Å²) in [5, 5.41) is 10.1. The van der Waals surface area contributed by atoms with Crippen molar-refractivity contribution in [3.8, 4) is 12.1 Å². The van der Waals surface area contributed by atoms with Crippen molar-refractivity contribution in [3.05, 3.63) is 58.0 Å². The molecule has 4 atom stereocenters. The lowest BCUT2D eigenvalue weighted by atomic mass is 9.68. The molecule has 8 nitrogen and oxygen atoms in total. The van der Waals surface area contributed by atoms with Crippen LogP contribution in [0.4, 0.5) is 14.6 Å². The van der Waals surface area contributed by atoms with Crippen molar-refractivity contribution in [1.29, 1.82) is 5.26 Å². The van der Waals surface area contributed by atoms with E-state index in [1.54, 1.807) is 0 Å². The number of hydrogen-bond donors (Lipinski definition) is 0. The van der Waals surface area contributed by atoms with Crippen LogP contribution in [-0.2, 0) is 23.1 Å². The number of ether oxygens (including phenoxy) is 1. The van der Waals surface area contributed by atoms with Gasteiger partial charge in [-0.05, 0) is 55.8 Å². The van der Waals surface area contributed by atoms with E-state index in [0.717, 1.165) is 36.2 Å². The fourth-order valence-corrected chi connectivity index (χ4v) is 7.56. The average Bonchev–Trinajstić information content (AvgIpc) is 3.35. The van der Waals surface area contributed by atoms with Crippen LogP contribution in [0.15, 0.2) is 30.6 Å². The molecule has 1 spiro atoms. The minimum absolute atomic E-state index is 0.0209. The second-order valence-corrected chi connectivity index (χ2v) is 12.1. The maximum Gasteiger partial charge on any atom is 0.318 e. The number of alkyl halides is 1. The maximum absolute atomic E-state index is 17.0. The van der Waals surface area contributed by atoms with Crippen LogP contribution in [-0.4, -0.2) is 77.1 Å². The second-order valence-electron chi connectivity index (χ2n) is 11.7. The van der Waals surface area contributed by atoms with E-state index in [4.69, 9.17) is 26.3 Å². The highest BCUT2D eigenvalue weighted by atomic mass is 35.5. The van der Waals surface area contributed by atoms with Gasteiger partial charge in [-0.1, -0.05) is 37.2 Å². The monoisotopic (exact) mass is 596 g/mol. The van der Waals surface area contributed by atoms with Gasteiger partial charge in [-0.2, -0.15) is 15.2 Å². The number of piperazine rings is 1. The minimum atomic E-state index is -1.38. The third-order valence-corrected chi connectivity index (χ3v) is 10.1. The number of likely N-dealkylation sites (N-methyl/N-ethyl adjacent to an activating group) is 1. The Balaban J connectivity index is 1.36. The number of carbonyl (C=O) groups is 1. The summed E-state index contributed by atoms with van der Waals surface area (Å²) in [7, 11) is 0. The molecule has 2 saturated heterocycles. The minimum Gasteiger partial charge on any atom is -0.462 e. The summed E-state index contributed by atoms with van der Waals surface area (Å²) in [6, 6.07) is 7.67. The van der Waals surface area contributed by atoms with Crippen LogP contribution in [0, 0.1) is 11.3 Å². The first kappa shape index (κ1) is 28.8. The molecular weight excluding hydrogens is 562 g/mol. The highest BCUT2D eigenvalue weighted by molar-refractivity contribution is 6.31. The van der Waals surface area contributed by atoms with Gasteiger partial charge in [-0.15, -0.1) is 0 Å². The Bertz CT molecular complexity index is 1450. The van der Waals surface area contributed by atoms with E-state index in [0.29, 0.717) is 55.4 Å². The van der Waals surface area contributed by atoms with Crippen molar-refractivity contribution in [2.45, 2.75) is 69.1 Å². The van der Waals surface area contributed by atoms with E-state index < -0.39 is 29.4 Å². The summed E-state index contributed by atoms with van der Waals surface area (Å²) in [5.74, 6) is -1.30. The number of aromatic nitrogens is 2. The third kappa shape index (κ3) is 4.80. The number of amides is 1. The van der Waals surface area contributed by atoms with Crippen LogP contribution in [0.5, 0.6) is 6.01 Å². The van der Waals surface area contributed by atoms with Crippen LogP contribution in [0.2, 0.25) is 5.02 Å². The number of hydrogen-bond acceptors (Lipinski definition) is 7. The Labute approximate surface area is 249 Å². The van der Waals surface area contributed by atoms with Gasteiger partial charge in [-0.3, -0.25) is 9.69 Å². The molecule has 0 radical (unpaired) electrons. The Morgan fingerprint density at radius 2 is 2.00 bits per heavy atom. The van der Waals surface area contributed by atoms with Crippen molar-refractivity contribution in [2.75, 3.05) is 44.2 Å². The largest absolute Gasteiger partial charge is 0.462 e. The molecule has 11 heteroatoms. The number of fused-ring (bicyclic) bond motifs is 3. The van der Waals surface area contributed by atoms with E-state index in [9.17, 15) is 14.4 Å². The van der Waals surface area contributed by atoms with E-state index in [1.807, 2.05) is 23.1 Å². The molecule has 4 aliphatic rings. The summed E-state index contributed by atoms with van der Waals surface area (Å²) >= 11 is 6.52. The zero-order chi connectivity index (χ0) is 29.6. The lowest BCUT2D eigenvalue weighted by molar-refractivity contribution is -0.131. The van der Waals surface area contributed by atoms with E-state index in [1.165, 1.54) is 4.90 Å². The van der Waals surface area contributed by atoms with Gasteiger partial charge in [0.1, 0.15) is 12.4 Å². The molecule has 6 rings (SSSR count). The van der Waals surface area contributed by atoms with Gasteiger partial charge in [-0.25, -0.2) is 8.78 Å². The van der Waals surface area contributed by atoms with Gasteiger partial charge >= 0.3 is 6.01 Å². The zero-order valence-corrected chi connectivity index (χ0v) is 24.5. The first-order valence-corrected chi connectivity index (χ1v) is 15.1. The van der Waals surface area contributed by atoms with Crippen molar-refractivity contribution in [1.82, 2.24) is 19.8 Å². The summed E-state index contributed by atoms with van der Waals surface area (Å²) in [5.41, 5.74) is 2.30. The Morgan fingerprint density at radius 1 is 1.21 bits per heavy atom. The van der Waals surface area contributed by atoms with Crippen molar-refractivity contribution < 1.29 is 18.3 Å². The number of nitriles is 1. The normalized spacial score (nSPS) is 26.8. The molecular formula is C31H35ClF2N6O2. The zero-order valence-electron chi connectivity index (χ0n) is 23.8. The third-order valence-electron chi connectivity index (χ3n) is 9.70. The lowest BCUT2D eigenvalue weighted by Crippen LogP contribution is -2.55. The van der Waals surface area contributed by atoms with Gasteiger partial charge in [0.05, 0.1) is 24.2 Å². The molecule has 42 heavy (non-hydrogen) atoms. The van der Waals surface area contributed by atoms with Gasteiger partial charge in [0, 0.05) is 48.2 Å². The fraction of sp³-hybridized carbons (Fsp3) is 0.548. The fourth-order valence-electron chi connectivity index (χ4n) is 7.29. The van der Waals surface area contributed by atoms with Crippen LogP contribution in [0.3, 0.4) is 0 Å². The number of rotatable bonds is 7. The molecule has 1 unspecified atom stereocenters. The number of anilines is 1. The molecule has 0 N–H and O–H groups in total. The molecule has 222 valence electrons. The van der Waals surface area contributed by atoms with Crippen LogP contribution < -0.4 is 9.64 Å². The molecule has 2 aliphatic carbocycles. The van der Waals surface area contributed by atoms with E-state index >= 15 is 4.39 Å². The maximum atomic E-state index is 17.0. The average molecular weight is 597 g/mol. The van der Waals surface area contributed by atoms with E-state index in [2.05, 4.69) is 24.5 Å². The number of nitrogens with zero attached hydrogens (tertiary/aromatic N) is 6. The quantitative estimate of drug-likeness (QED) is 0.422. The number of benzene rings is 1. The predicted molar refractivity (Wildman–Crippen MR) is 155 cm³/mol. The molecule has 3 heterocycles. The molecule has 1 aromatic heterocycles. The molecule has 1 amide bonds. The van der Waals surface area contributed by atoms with Gasteiger partial charge in [0.2, 0.25) is 0 Å². The summed E-state index contributed by atoms with van der Waals surface area (Å²) in [6.45, 7) is 8.39. The summed E-state index contributed by atoms with van der Waals surface area (Å²) < 4.78 is 36.9. The van der Waals surface area contributed by atoms with Crippen molar-refractivity contribution in [3.63, 3.8) is 0 Å². The summed E-state index contributed by atoms with van der Waals surface area (Å²) in [6.07, 6.45) is 2.16. The summed E-state index contributed by atoms with van der Waals surface area (Å²) in [4.78, 5) is 27.6. The topological polar surface area (TPSA) is 85.6 Å². The van der Waals surface area contributed by atoms with Gasteiger partial charge in [0.25, 0.3) is 5.91 Å². The van der Waals surface area contributed by atoms with Crippen LogP contribution in [0.25, 0.3) is 0 Å². The Morgan fingerprint density at radius 3 is 2.69 bits per heavy atom. The SMILES string of the molecule is C=C(F)C(=O)N1CCN(c2nc(OC[C@@H]3CCN3CC)nc3c2CC[C@@]2(CCc4c(Cl)cccc42)C3F)C[C@@H]1CC#N. The molecule has 0 bridgehead atoms. The van der Waals surface area contributed by atoms with Crippen LogP contribution >= 0.6 is 11.6 Å². The van der Waals surface area contributed by atoms with Gasteiger partial charge in [0.15, 0.2) is 12.0 Å². The first-order chi connectivity index (χ1) is 20.3. The molecule has 2 aliphatic heterocycles. The standard InChI is InChI=1S/C31H35ClF2N6O2/c1-3-38-14-10-21(38)18-42-30-36-26-23(8-12-31(27(26)34)11-7-22-24(31)5-4-6-25(22)32)28(37-30)39-15-16-40(29(41)19(2)33)20(17-39)9-13-35/h4-6,20-21,27H,2-3,7-12,14-18H2,1H3/t20-,21-,27?,31+/m0/s1. The highest BCUT2D eigenvalue weighted by Crippen LogP contribution is 2.56. The van der Waals surface area contributed by atoms with Gasteiger partial charge < -0.3 is 14.5 Å². The smallest absolute Gasteiger partial charge is 0.318 e. The predicted octanol–water partition coefficient (Wildman–Crippen LogP) is 4.86. The number of halogens is 3. The van der Waals surface area contributed by atoms with Crippen LogP contribution in [0.1, 0.15) is 61.2 Å². The second kappa shape index (κ2) is 11.4. The number of likely N-dealkylation sites (tertiary alicyclic amines) is 1.